The molecule has 1 aliphatic rings. The van der Waals surface area contributed by atoms with Gasteiger partial charge >= 0.3 is 12.0 Å². The average Bonchev–Trinajstić information content (AvgIpc) is 2.39. The van der Waals surface area contributed by atoms with Gasteiger partial charge < -0.3 is 15.3 Å². The normalized spacial score (nSPS) is 17.4. The average molecular weight is 294 g/mol. The van der Waals surface area contributed by atoms with E-state index in [9.17, 15) is 14.0 Å². The molecule has 1 fully saturated rings. The number of carbonyl (C=O) groups excluding carboxylic acids is 1. The molecule has 1 aromatic carbocycles. The summed E-state index contributed by atoms with van der Waals surface area (Å²) in [6.07, 6.45) is 1.97. The molecule has 0 saturated carbocycles. The predicted molar refractivity (Wildman–Crippen MR) is 77.0 cm³/mol. The van der Waals surface area contributed by atoms with Gasteiger partial charge in [-0.05, 0) is 36.5 Å². The smallest absolute Gasteiger partial charge is 0.335 e. The van der Waals surface area contributed by atoms with Crippen LogP contribution in [0.5, 0.6) is 0 Å². The van der Waals surface area contributed by atoms with Crippen molar-refractivity contribution in [3.63, 3.8) is 0 Å². The number of piperidine rings is 1. The minimum Gasteiger partial charge on any atom is -0.478 e. The molecule has 1 aliphatic heterocycles. The summed E-state index contributed by atoms with van der Waals surface area (Å²) >= 11 is 0. The molecule has 2 amide bonds. The molecule has 1 heterocycles. The summed E-state index contributed by atoms with van der Waals surface area (Å²) in [4.78, 5) is 24.6. The summed E-state index contributed by atoms with van der Waals surface area (Å²) in [6.45, 7) is 5.45. The van der Waals surface area contributed by atoms with Crippen LogP contribution in [0.2, 0.25) is 0 Å². The van der Waals surface area contributed by atoms with Crippen molar-refractivity contribution in [1.82, 2.24) is 4.90 Å². The largest absolute Gasteiger partial charge is 0.478 e. The van der Waals surface area contributed by atoms with Gasteiger partial charge in [-0.1, -0.05) is 13.8 Å². The van der Waals surface area contributed by atoms with Gasteiger partial charge in [0.25, 0.3) is 0 Å². The number of rotatable bonds is 2. The summed E-state index contributed by atoms with van der Waals surface area (Å²) in [7, 11) is 0. The van der Waals surface area contributed by atoms with Crippen molar-refractivity contribution in [3.05, 3.63) is 29.6 Å². The highest BCUT2D eigenvalue weighted by molar-refractivity contribution is 5.91. The Morgan fingerprint density at radius 3 is 2.67 bits per heavy atom. The van der Waals surface area contributed by atoms with Crippen molar-refractivity contribution >= 4 is 17.7 Å². The molecule has 5 nitrogen and oxygen atoms in total. The molecule has 1 saturated heterocycles. The summed E-state index contributed by atoms with van der Waals surface area (Å²) < 4.78 is 13.8. The molecule has 114 valence electrons. The number of carbonyl (C=O) groups is 2. The number of anilines is 1. The van der Waals surface area contributed by atoms with Gasteiger partial charge in [0, 0.05) is 13.1 Å². The Labute approximate surface area is 122 Å². The van der Waals surface area contributed by atoms with E-state index in [1.54, 1.807) is 4.90 Å². The lowest BCUT2D eigenvalue weighted by atomic mass is 9.84. The maximum atomic E-state index is 13.8. The SMILES string of the molecule is CC1(C)CCCN(C(=O)Nc2ccc(C(=O)O)cc2F)C1. The molecule has 6 heteroatoms. The van der Waals surface area contributed by atoms with E-state index in [0.717, 1.165) is 18.9 Å². The fourth-order valence-corrected chi connectivity index (χ4v) is 2.54. The van der Waals surface area contributed by atoms with Crippen LogP contribution in [-0.2, 0) is 0 Å². The highest BCUT2D eigenvalue weighted by Crippen LogP contribution is 2.28. The van der Waals surface area contributed by atoms with Crippen LogP contribution >= 0.6 is 0 Å². The maximum absolute atomic E-state index is 13.8. The Bertz CT molecular complexity index is 572. The first kappa shape index (κ1) is 15.3. The van der Waals surface area contributed by atoms with Gasteiger partial charge in [0.15, 0.2) is 0 Å². The standard InChI is InChI=1S/C15H19FN2O3/c1-15(2)6-3-7-18(9-15)14(21)17-12-5-4-10(13(19)20)8-11(12)16/h4-5,8H,3,6-7,9H2,1-2H3,(H,17,21)(H,19,20). The second-order valence-corrected chi connectivity index (χ2v) is 6.12. The topological polar surface area (TPSA) is 69.6 Å². The summed E-state index contributed by atoms with van der Waals surface area (Å²) in [5, 5.41) is 11.3. The molecule has 0 radical (unpaired) electrons. The number of hydrogen-bond donors (Lipinski definition) is 2. The predicted octanol–water partition coefficient (Wildman–Crippen LogP) is 3.18. The number of halogens is 1. The zero-order chi connectivity index (χ0) is 15.6. The van der Waals surface area contributed by atoms with Crippen LogP contribution in [0.15, 0.2) is 18.2 Å². The second-order valence-electron chi connectivity index (χ2n) is 6.12. The number of urea groups is 1. The number of aromatic carboxylic acids is 1. The van der Waals surface area contributed by atoms with E-state index in [4.69, 9.17) is 5.11 Å². The van der Waals surface area contributed by atoms with Gasteiger partial charge in [-0.15, -0.1) is 0 Å². The second kappa shape index (κ2) is 5.71. The van der Waals surface area contributed by atoms with E-state index < -0.39 is 11.8 Å². The van der Waals surface area contributed by atoms with Crippen LogP contribution in [0, 0.1) is 11.2 Å². The lowest BCUT2D eigenvalue weighted by Crippen LogP contribution is -2.45. The van der Waals surface area contributed by atoms with E-state index in [0.29, 0.717) is 13.1 Å². The van der Waals surface area contributed by atoms with Crippen LogP contribution in [0.25, 0.3) is 0 Å². The van der Waals surface area contributed by atoms with E-state index in [-0.39, 0.29) is 22.7 Å². The number of hydrogen-bond acceptors (Lipinski definition) is 2. The highest BCUT2D eigenvalue weighted by Gasteiger charge is 2.29. The lowest BCUT2D eigenvalue weighted by Gasteiger charge is -2.37. The van der Waals surface area contributed by atoms with Gasteiger partial charge in [0.05, 0.1) is 11.3 Å². The molecule has 21 heavy (non-hydrogen) atoms. The monoisotopic (exact) mass is 294 g/mol. The first-order valence-electron chi connectivity index (χ1n) is 6.87. The van der Waals surface area contributed by atoms with Gasteiger partial charge in [-0.2, -0.15) is 0 Å². The van der Waals surface area contributed by atoms with Crippen molar-refractivity contribution in [2.24, 2.45) is 5.41 Å². The fraction of sp³-hybridized carbons (Fsp3) is 0.467. The maximum Gasteiger partial charge on any atom is 0.335 e. The molecule has 0 aliphatic carbocycles. The number of nitrogens with one attached hydrogen (secondary N) is 1. The summed E-state index contributed by atoms with van der Waals surface area (Å²) in [5.74, 6) is -1.95. The molecule has 0 atom stereocenters. The Kier molecular flexibility index (Phi) is 4.16. The highest BCUT2D eigenvalue weighted by atomic mass is 19.1. The third-order valence-corrected chi connectivity index (χ3v) is 3.65. The Hall–Kier alpha value is -2.11. The van der Waals surface area contributed by atoms with E-state index in [1.807, 2.05) is 0 Å². The van der Waals surface area contributed by atoms with E-state index >= 15 is 0 Å². The Morgan fingerprint density at radius 1 is 1.38 bits per heavy atom. The number of nitrogens with zero attached hydrogens (tertiary/aromatic N) is 1. The third kappa shape index (κ3) is 3.71. The van der Waals surface area contributed by atoms with Gasteiger partial charge in [0.2, 0.25) is 0 Å². The zero-order valence-corrected chi connectivity index (χ0v) is 12.1. The lowest BCUT2D eigenvalue weighted by molar-refractivity contribution is 0.0696. The van der Waals surface area contributed by atoms with Crippen molar-refractivity contribution in [2.45, 2.75) is 26.7 Å². The first-order valence-corrected chi connectivity index (χ1v) is 6.87. The number of benzene rings is 1. The number of carboxylic acid groups (broad SMARTS) is 1. The molecular formula is C15H19FN2O3. The number of likely N-dealkylation sites (tertiary alicyclic amines) is 1. The Balaban J connectivity index is 2.07. The van der Waals surface area contributed by atoms with Gasteiger partial charge in [0.1, 0.15) is 5.82 Å². The third-order valence-electron chi connectivity index (χ3n) is 3.65. The minimum absolute atomic E-state index is 0.00613. The summed E-state index contributed by atoms with van der Waals surface area (Å²) in [6, 6.07) is 3.08. The van der Waals surface area contributed by atoms with E-state index in [1.165, 1.54) is 12.1 Å². The minimum atomic E-state index is -1.20. The molecule has 1 aromatic rings. The van der Waals surface area contributed by atoms with Crippen LogP contribution in [0.4, 0.5) is 14.9 Å². The first-order chi connectivity index (χ1) is 9.78. The van der Waals surface area contributed by atoms with Crippen molar-refractivity contribution < 1.29 is 19.1 Å². The van der Waals surface area contributed by atoms with Crippen molar-refractivity contribution in [3.8, 4) is 0 Å². The fourth-order valence-electron chi connectivity index (χ4n) is 2.54. The molecular weight excluding hydrogens is 275 g/mol. The van der Waals surface area contributed by atoms with Crippen LogP contribution in [-0.4, -0.2) is 35.1 Å². The van der Waals surface area contributed by atoms with E-state index in [2.05, 4.69) is 19.2 Å². The Morgan fingerprint density at radius 2 is 2.10 bits per heavy atom. The molecule has 0 aromatic heterocycles. The van der Waals surface area contributed by atoms with Crippen LogP contribution in [0.3, 0.4) is 0 Å². The quantitative estimate of drug-likeness (QED) is 0.880. The zero-order valence-electron chi connectivity index (χ0n) is 12.1. The van der Waals surface area contributed by atoms with Crippen molar-refractivity contribution in [1.29, 1.82) is 0 Å². The molecule has 2 rings (SSSR count). The molecule has 0 unspecified atom stereocenters. The molecule has 2 N–H and O–H groups in total. The molecule has 0 bridgehead atoms. The summed E-state index contributed by atoms with van der Waals surface area (Å²) in [5.41, 5.74) is -0.0978. The van der Waals surface area contributed by atoms with Crippen LogP contribution < -0.4 is 5.32 Å². The van der Waals surface area contributed by atoms with Crippen LogP contribution in [0.1, 0.15) is 37.0 Å². The number of carboxylic acids is 1. The number of amides is 2. The van der Waals surface area contributed by atoms with Gasteiger partial charge in [-0.3, -0.25) is 0 Å². The van der Waals surface area contributed by atoms with Gasteiger partial charge in [-0.25, -0.2) is 14.0 Å². The van der Waals surface area contributed by atoms with Crippen molar-refractivity contribution in [2.75, 3.05) is 18.4 Å². The molecule has 0 spiro atoms.